The largest absolute Gasteiger partial charge is 0.347 e. The Kier molecular flexibility index (Phi) is 5.82. The number of nitrogens with zero attached hydrogens (tertiary/aromatic N) is 1. The summed E-state index contributed by atoms with van der Waals surface area (Å²) < 4.78 is 0. The molecule has 1 heterocycles. The first-order chi connectivity index (χ1) is 11.2. The van der Waals surface area contributed by atoms with Crippen molar-refractivity contribution in [2.24, 2.45) is 0 Å². The number of rotatable bonds is 6. The molecule has 5 heteroatoms. The van der Waals surface area contributed by atoms with E-state index >= 15 is 0 Å². The van der Waals surface area contributed by atoms with E-state index in [-0.39, 0.29) is 17.5 Å². The normalized spacial score (nSPS) is 10.7. The molecule has 0 bridgehead atoms. The highest BCUT2D eigenvalue weighted by molar-refractivity contribution is 6.05. The highest BCUT2D eigenvalue weighted by Crippen LogP contribution is 2.06. The molecule has 0 atom stereocenters. The molecule has 2 amide bonds. The summed E-state index contributed by atoms with van der Waals surface area (Å²) in [6, 6.07) is 12.2. The minimum atomic E-state index is -0.383. The summed E-state index contributed by atoms with van der Waals surface area (Å²) in [5, 5.41) is 5.30. The maximum Gasteiger partial charge on any atom is 0.268 e. The Bertz CT molecular complexity index is 710. The Balaban J connectivity index is 2.23. The first-order valence-electron chi connectivity index (χ1n) is 7.08. The third kappa shape index (κ3) is 4.93. The molecule has 2 aromatic rings. The molecule has 0 aliphatic rings. The van der Waals surface area contributed by atoms with Gasteiger partial charge in [0, 0.05) is 24.5 Å². The monoisotopic (exact) mass is 307 g/mol. The van der Waals surface area contributed by atoms with Crippen LogP contribution in [0.3, 0.4) is 0 Å². The van der Waals surface area contributed by atoms with Gasteiger partial charge in [0.2, 0.25) is 0 Å². The maximum absolute atomic E-state index is 12.3. The number of nitrogens with one attached hydrogen (secondary N) is 2. The van der Waals surface area contributed by atoms with Crippen molar-refractivity contribution in [2.45, 2.75) is 0 Å². The van der Waals surface area contributed by atoms with Crippen molar-refractivity contribution in [1.82, 2.24) is 15.6 Å². The molecule has 2 rings (SSSR count). The number of amides is 2. The number of hydrogen-bond acceptors (Lipinski definition) is 3. The topological polar surface area (TPSA) is 71.1 Å². The van der Waals surface area contributed by atoms with Crippen LogP contribution in [0.4, 0.5) is 0 Å². The number of carbonyl (C=O) groups is 2. The smallest absolute Gasteiger partial charge is 0.268 e. The minimum absolute atomic E-state index is 0.159. The molecule has 23 heavy (non-hydrogen) atoms. The van der Waals surface area contributed by atoms with Crippen molar-refractivity contribution in [3.8, 4) is 0 Å². The van der Waals surface area contributed by atoms with Crippen molar-refractivity contribution in [1.29, 1.82) is 0 Å². The lowest BCUT2D eigenvalue weighted by molar-refractivity contribution is -0.117. The van der Waals surface area contributed by atoms with E-state index in [1.165, 1.54) is 0 Å². The molecule has 1 aromatic carbocycles. The quantitative estimate of drug-likeness (QED) is 0.634. The summed E-state index contributed by atoms with van der Waals surface area (Å²) in [4.78, 5) is 28.4. The standard InChI is InChI=1S/C18H17N3O2/c1-2-10-20-18(23)16(13-14-8-11-19-12-9-14)21-17(22)15-6-4-3-5-7-15/h2-9,11-13H,1,10H2,(H,20,23)(H,21,22)/b16-13+. The first-order valence-corrected chi connectivity index (χ1v) is 7.08. The van der Waals surface area contributed by atoms with E-state index in [9.17, 15) is 9.59 Å². The van der Waals surface area contributed by atoms with Gasteiger partial charge in [0.1, 0.15) is 5.70 Å². The van der Waals surface area contributed by atoms with Crippen LogP contribution in [0.1, 0.15) is 15.9 Å². The number of carbonyl (C=O) groups excluding carboxylic acids is 2. The van der Waals surface area contributed by atoms with Crippen LogP contribution in [0.2, 0.25) is 0 Å². The van der Waals surface area contributed by atoms with Gasteiger partial charge in [-0.1, -0.05) is 24.3 Å². The summed E-state index contributed by atoms with van der Waals surface area (Å²) in [7, 11) is 0. The Hall–Kier alpha value is -3.21. The van der Waals surface area contributed by atoms with Crippen LogP contribution in [-0.2, 0) is 4.79 Å². The van der Waals surface area contributed by atoms with Gasteiger partial charge in [-0.2, -0.15) is 0 Å². The lowest BCUT2D eigenvalue weighted by Crippen LogP contribution is -2.34. The van der Waals surface area contributed by atoms with E-state index < -0.39 is 0 Å². The van der Waals surface area contributed by atoms with Gasteiger partial charge in [0.25, 0.3) is 11.8 Å². The van der Waals surface area contributed by atoms with Gasteiger partial charge in [-0.05, 0) is 35.9 Å². The van der Waals surface area contributed by atoms with Crippen molar-refractivity contribution < 1.29 is 9.59 Å². The van der Waals surface area contributed by atoms with E-state index in [0.717, 1.165) is 5.56 Å². The van der Waals surface area contributed by atoms with Crippen LogP contribution in [-0.4, -0.2) is 23.3 Å². The summed E-state index contributed by atoms with van der Waals surface area (Å²) in [5.74, 6) is -0.731. The average molecular weight is 307 g/mol. The molecule has 0 spiro atoms. The SMILES string of the molecule is C=CCNC(=O)/C(=C\c1ccncc1)NC(=O)c1ccccc1. The molecule has 2 N–H and O–H groups in total. The predicted octanol–water partition coefficient (Wildman–Crippen LogP) is 2.15. The fraction of sp³-hybridized carbons (Fsp3) is 0.0556. The molecule has 1 aromatic heterocycles. The zero-order valence-electron chi connectivity index (χ0n) is 12.5. The Labute approximate surface area is 134 Å². The zero-order chi connectivity index (χ0) is 16.5. The van der Waals surface area contributed by atoms with Gasteiger partial charge in [-0.15, -0.1) is 6.58 Å². The molecule has 0 aliphatic carbocycles. The Morgan fingerprint density at radius 3 is 2.43 bits per heavy atom. The van der Waals surface area contributed by atoms with E-state index in [1.54, 1.807) is 60.9 Å². The lowest BCUT2D eigenvalue weighted by Gasteiger charge is -2.10. The summed E-state index contributed by atoms with van der Waals surface area (Å²) in [5.41, 5.74) is 1.40. The fourth-order valence-electron chi connectivity index (χ4n) is 1.83. The van der Waals surface area contributed by atoms with E-state index in [2.05, 4.69) is 22.2 Å². The third-order valence-corrected chi connectivity index (χ3v) is 2.95. The van der Waals surface area contributed by atoms with Crippen molar-refractivity contribution >= 4 is 17.9 Å². The summed E-state index contributed by atoms with van der Waals surface area (Å²) in [6.07, 6.45) is 6.40. The number of pyridine rings is 1. The highest BCUT2D eigenvalue weighted by atomic mass is 16.2. The Morgan fingerprint density at radius 2 is 1.78 bits per heavy atom. The van der Waals surface area contributed by atoms with E-state index in [4.69, 9.17) is 0 Å². The molecule has 0 aliphatic heterocycles. The number of hydrogen-bond donors (Lipinski definition) is 2. The van der Waals surface area contributed by atoms with E-state index in [0.29, 0.717) is 12.1 Å². The second-order valence-electron chi connectivity index (χ2n) is 4.66. The fourth-order valence-corrected chi connectivity index (χ4v) is 1.83. The first kappa shape index (κ1) is 16.2. The van der Waals surface area contributed by atoms with Crippen molar-refractivity contribution in [2.75, 3.05) is 6.54 Å². The van der Waals surface area contributed by atoms with Crippen LogP contribution in [0.25, 0.3) is 6.08 Å². The van der Waals surface area contributed by atoms with Crippen LogP contribution in [0.15, 0.2) is 73.2 Å². The van der Waals surface area contributed by atoms with Gasteiger partial charge in [0.15, 0.2) is 0 Å². The van der Waals surface area contributed by atoms with Gasteiger partial charge < -0.3 is 10.6 Å². The molecular formula is C18H17N3O2. The van der Waals surface area contributed by atoms with Crippen LogP contribution >= 0.6 is 0 Å². The van der Waals surface area contributed by atoms with Gasteiger partial charge in [-0.25, -0.2) is 0 Å². The maximum atomic E-state index is 12.3. The predicted molar refractivity (Wildman–Crippen MR) is 89.3 cm³/mol. The Morgan fingerprint density at radius 1 is 1.09 bits per heavy atom. The number of benzene rings is 1. The van der Waals surface area contributed by atoms with Crippen LogP contribution in [0, 0.1) is 0 Å². The van der Waals surface area contributed by atoms with Crippen LogP contribution < -0.4 is 10.6 Å². The van der Waals surface area contributed by atoms with Gasteiger partial charge in [-0.3, -0.25) is 14.6 Å². The van der Waals surface area contributed by atoms with Crippen molar-refractivity contribution in [3.63, 3.8) is 0 Å². The third-order valence-electron chi connectivity index (χ3n) is 2.95. The summed E-state index contributed by atoms with van der Waals surface area (Å²) in [6.45, 7) is 3.87. The van der Waals surface area contributed by atoms with Crippen LogP contribution in [0.5, 0.6) is 0 Å². The molecule has 116 valence electrons. The summed E-state index contributed by atoms with van der Waals surface area (Å²) >= 11 is 0. The molecule has 0 saturated carbocycles. The average Bonchev–Trinajstić information content (AvgIpc) is 2.60. The van der Waals surface area contributed by atoms with E-state index in [1.807, 2.05) is 6.07 Å². The molecule has 0 saturated heterocycles. The molecule has 5 nitrogen and oxygen atoms in total. The molecule has 0 radical (unpaired) electrons. The molecular weight excluding hydrogens is 290 g/mol. The highest BCUT2D eigenvalue weighted by Gasteiger charge is 2.13. The minimum Gasteiger partial charge on any atom is -0.347 e. The second kappa shape index (κ2) is 8.29. The molecule has 0 fully saturated rings. The zero-order valence-corrected chi connectivity index (χ0v) is 12.5. The van der Waals surface area contributed by atoms with Crippen molar-refractivity contribution in [3.05, 3.63) is 84.3 Å². The number of aromatic nitrogens is 1. The lowest BCUT2D eigenvalue weighted by atomic mass is 10.2. The second-order valence-corrected chi connectivity index (χ2v) is 4.66. The van der Waals surface area contributed by atoms with Gasteiger partial charge in [0.05, 0.1) is 0 Å². The molecule has 0 unspecified atom stereocenters. The van der Waals surface area contributed by atoms with Gasteiger partial charge >= 0.3 is 0 Å².